The van der Waals surface area contributed by atoms with Crippen LogP contribution in [0.1, 0.15) is 69.4 Å². The maximum absolute atomic E-state index is 13.2. The SMILES string of the molecule is CCCCN1[C@@H]2COC[C@H]1CC(NC(=O)c1nn(C(C)CC)c3cc(O)ccc13)C2. The molecule has 7 nitrogen and oxygen atoms in total. The van der Waals surface area contributed by atoms with Gasteiger partial charge in [0.2, 0.25) is 0 Å². The average Bonchev–Trinajstić information content (AvgIpc) is 3.10. The highest BCUT2D eigenvalue weighted by Crippen LogP contribution is 2.30. The van der Waals surface area contributed by atoms with Crippen molar-refractivity contribution in [1.29, 1.82) is 0 Å². The van der Waals surface area contributed by atoms with Gasteiger partial charge in [0, 0.05) is 35.6 Å². The van der Waals surface area contributed by atoms with E-state index in [1.165, 1.54) is 12.8 Å². The number of hydrogen-bond acceptors (Lipinski definition) is 5. The van der Waals surface area contributed by atoms with Crippen LogP contribution < -0.4 is 5.32 Å². The van der Waals surface area contributed by atoms with Gasteiger partial charge in [0.05, 0.1) is 18.7 Å². The monoisotopic (exact) mass is 414 g/mol. The van der Waals surface area contributed by atoms with Gasteiger partial charge in [-0.05, 0) is 51.3 Å². The van der Waals surface area contributed by atoms with Crippen molar-refractivity contribution in [3.8, 4) is 5.75 Å². The first-order valence-corrected chi connectivity index (χ1v) is 11.4. The Morgan fingerprint density at radius 2 is 2.03 bits per heavy atom. The van der Waals surface area contributed by atoms with Gasteiger partial charge in [-0.2, -0.15) is 5.10 Å². The molecule has 30 heavy (non-hydrogen) atoms. The quantitative estimate of drug-likeness (QED) is 0.725. The van der Waals surface area contributed by atoms with Gasteiger partial charge in [-0.15, -0.1) is 0 Å². The molecular formula is C23H34N4O3. The minimum atomic E-state index is -0.126. The molecule has 0 radical (unpaired) electrons. The summed E-state index contributed by atoms with van der Waals surface area (Å²) in [6.45, 7) is 9.00. The normalized spacial score (nSPS) is 25.4. The molecule has 2 fully saturated rings. The van der Waals surface area contributed by atoms with E-state index in [1.54, 1.807) is 18.2 Å². The topological polar surface area (TPSA) is 79.6 Å². The maximum Gasteiger partial charge on any atom is 0.272 e. The Kier molecular flexibility index (Phi) is 6.29. The van der Waals surface area contributed by atoms with Crippen LogP contribution in [0.4, 0.5) is 0 Å². The maximum atomic E-state index is 13.2. The predicted octanol–water partition coefficient (Wildman–Crippen LogP) is 3.47. The van der Waals surface area contributed by atoms with Crippen LogP contribution in [-0.4, -0.2) is 63.6 Å². The Hall–Kier alpha value is -2.12. The van der Waals surface area contributed by atoms with Crippen molar-refractivity contribution >= 4 is 16.8 Å². The highest BCUT2D eigenvalue weighted by molar-refractivity contribution is 6.05. The summed E-state index contributed by atoms with van der Waals surface area (Å²) in [5.41, 5.74) is 1.24. The number of ether oxygens (including phenoxy) is 1. The van der Waals surface area contributed by atoms with Gasteiger partial charge < -0.3 is 15.2 Å². The number of aromatic hydroxyl groups is 1. The van der Waals surface area contributed by atoms with Crippen LogP contribution in [-0.2, 0) is 4.74 Å². The number of benzene rings is 1. The number of nitrogens with one attached hydrogen (secondary N) is 1. The zero-order chi connectivity index (χ0) is 21.3. The van der Waals surface area contributed by atoms with Crippen molar-refractivity contribution < 1.29 is 14.6 Å². The van der Waals surface area contributed by atoms with E-state index in [0.717, 1.165) is 49.9 Å². The first-order valence-electron chi connectivity index (χ1n) is 11.4. The molecule has 1 aromatic heterocycles. The van der Waals surface area contributed by atoms with Gasteiger partial charge in [-0.25, -0.2) is 0 Å². The van der Waals surface area contributed by atoms with Gasteiger partial charge in [-0.3, -0.25) is 14.4 Å². The Morgan fingerprint density at radius 3 is 2.70 bits per heavy atom. The molecule has 0 spiro atoms. The number of rotatable bonds is 7. The number of fused-ring (bicyclic) bond motifs is 3. The van der Waals surface area contributed by atoms with Gasteiger partial charge >= 0.3 is 0 Å². The van der Waals surface area contributed by atoms with Crippen molar-refractivity contribution in [2.45, 2.75) is 77.0 Å². The van der Waals surface area contributed by atoms with Gasteiger partial charge in [0.1, 0.15) is 5.75 Å². The first-order chi connectivity index (χ1) is 14.5. The summed E-state index contributed by atoms with van der Waals surface area (Å²) in [6, 6.07) is 6.14. The molecule has 2 aliphatic rings. The number of nitrogens with zero attached hydrogens (tertiary/aromatic N) is 3. The van der Waals surface area contributed by atoms with Gasteiger partial charge in [-0.1, -0.05) is 20.3 Å². The summed E-state index contributed by atoms with van der Waals surface area (Å²) in [7, 11) is 0. The van der Waals surface area contributed by atoms with E-state index in [1.807, 2.05) is 4.68 Å². The summed E-state index contributed by atoms with van der Waals surface area (Å²) in [5.74, 6) is 0.0601. The third-order valence-corrected chi connectivity index (χ3v) is 6.69. The molecule has 7 heteroatoms. The molecule has 164 valence electrons. The minimum absolute atomic E-state index is 0.126. The molecule has 0 saturated carbocycles. The van der Waals surface area contributed by atoms with E-state index in [9.17, 15) is 9.90 Å². The predicted molar refractivity (Wildman–Crippen MR) is 117 cm³/mol. The lowest BCUT2D eigenvalue weighted by Gasteiger charge is -2.48. The summed E-state index contributed by atoms with van der Waals surface area (Å²) in [5, 5.41) is 18.6. The number of amides is 1. The molecule has 3 heterocycles. The van der Waals surface area contributed by atoms with Crippen LogP contribution in [0, 0.1) is 0 Å². The molecule has 2 bridgehead atoms. The molecule has 2 saturated heterocycles. The summed E-state index contributed by atoms with van der Waals surface area (Å²) in [6.07, 6.45) is 5.12. The smallest absolute Gasteiger partial charge is 0.272 e. The van der Waals surface area contributed by atoms with E-state index in [-0.39, 0.29) is 23.7 Å². The molecule has 4 atom stereocenters. The zero-order valence-corrected chi connectivity index (χ0v) is 18.3. The lowest BCUT2D eigenvalue weighted by molar-refractivity contribution is -0.0802. The standard InChI is InChI=1S/C23H34N4O3/c1-4-6-9-26-17-10-16(11-18(26)14-30-13-17)24-23(29)22-20-8-7-19(28)12-21(20)27(25-22)15(3)5-2/h7-8,12,15-18,28H,4-6,9-11,13-14H2,1-3H3,(H,24,29)/t15?,16?,17-,18+. The zero-order valence-electron chi connectivity index (χ0n) is 18.3. The van der Waals surface area contributed by atoms with Crippen LogP contribution >= 0.6 is 0 Å². The highest BCUT2D eigenvalue weighted by atomic mass is 16.5. The largest absolute Gasteiger partial charge is 0.508 e. The molecule has 2 aliphatic heterocycles. The Morgan fingerprint density at radius 1 is 1.30 bits per heavy atom. The van der Waals surface area contributed by atoms with Crippen molar-refractivity contribution in [1.82, 2.24) is 20.0 Å². The van der Waals surface area contributed by atoms with Crippen LogP contribution in [0.2, 0.25) is 0 Å². The van der Waals surface area contributed by atoms with Gasteiger partial charge in [0.25, 0.3) is 5.91 Å². The van der Waals surface area contributed by atoms with E-state index in [0.29, 0.717) is 17.8 Å². The number of hydrogen-bond donors (Lipinski definition) is 2. The van der Waals surface area contributed by atoms with Crippen molar-refractivity contribution in [2.24, 2.45) is 0 Å². The number of aromatic nitrogens is 2. The fourth-order valence-electron chi connectivity index (χ4n) is 4.87. The van der Waals surface area contributed by atoms with Crippen LogP contribution in [0.3, 0.4) is 0 Å². The number of phenolic OH excluding ortho intramolecular Hbond substituents is 1. The number of morpholine rings is 1. The molecular weight excluding hydrogens is 380 g/mol. The van der Waals surface area contributed by atoms with Crippen LogP contribution in [0.15, 0.2) is 18.2 Å². The van der Waals surface area contributed by atoms with Gasteiger partial charge in [0.15, 0.2) is 5.69 Å². The summed E-state index contributed by atoms with van der Waals surface area (Å²) < 4.78 is 7.66. The minimum Gasteiger partial charge on any atom is -0.508 e. The van der Waals surface area contributed by atoms with E-state index < -0.39 is 0 Å². The molecule has 1 amide bonds. The fourth-order valence-corrected chi connectivity index (χ4v) is 4.87. The lowest BCUT2D eigenvalue weighted by atomic mass is 9.89. The second kappa shape index (κ2) is 8.94. The third-order valence-electron chi connectivity index (χ3n) is 6.69. The Bertz CT molecular complexity index is 882. The number of phenols is 1. The Labute approximate surface area is 178 Å². The second-order valence-electron chi connectivity index (χ2n) is 8.83. The average molecular weight is 415 g/mol. The van der Waals surface area contributed by atoms with E-state index >= 15 is 0 Å². The van der Waals surface area contributed by atoms with Crippen LogP contribution in [0.25, 0.3) is 10.9 Å². The summed E-state index contributed by atoms with van der Waals surface area (Å²) >= 11 is 0. The molecule has 1 aromatic carbocycles. The Balaban J connectivity index is 1.53. The molecule has 2 aromatic rings. The second-order valence-corrected chi connectivity index (χ2v) is 8.83. The number of carbonyl (C=O) groups excluding carboxylic acids is 1. The molecule has 2 unspecified atom stereocenters. The molecule has 4 rings (SSSR count). The van der Waals surface area contributed by atoms with Crippen molar-refractivity contribution in [3.05, 3.63) is 23.9 Å². The fraction of sp³-hybridized carbons (Fsp3) is 0.652. The molecule has 0 aliphatic carbocycles. The summed E-state index contributed by atoms with van der Waals surface area (Å²) in [4.78, 5) is 15.8. The first kappa shape index (κ1) is 21.1. The lowest BCUT2D eigenvalue weighted by Crippen LogP contribution is -2.60. The number of carbonyl (C=O) groups is 1. The van der Waals surface area contributed by atoms with Crippen molar-refractivity contribution in [2.75, 3.05) is 19.8 Å². The number of piperidine rings is 1. The third kappa shape index (κ3) is 4.05. The molecule has 2 N–H and O–H groups in total. The number of unbranched alkanes of at least 4 members (excludes halogenated alkanes) is 1. The van der Waals surface area contributed by atoms with E-state index in [2.05, 4.69) is 36.1 Å². The highest BCUT2D eigenvalue weighted by Gasteiger charge is 2.39. The van der Waals surface area contributed by atoms with Crippen LogP contribution in [0.5, 0.6) is 5.75 Å². The van der Waals surface area contributed by atoms with Crippen molar-refractivity contribution in [3.63, 3.8) is 0 Å². The van der Waals surface area contributed by atoms with E-state index in [4.69, 9.17) is 4.74 Å².